The number of carbonyl (C=O) groups excluding carboxylic acids is 2. The number of hydrogen-bond acceptors (Lipinski definition) is 5. The number of hydrogen-bond donors (Lipinski definition) is 3. The number of nitro benzene ring substituents is 1. The molecule has 0 fully saturated rings. The van der Waals surface area contributed by atoms with Crippen LogP contribution in [0, 0.1) is 10.1 Å². The molecule has 3 aromatic rings. The molecule has 0 saturated carbocycles. The molecule has 0 heterocycles. The van der Waals surface area contributed by atoms with Crippen molar-refractivity contribution in [2.24, 2.45) is 0 Å². The van der Waals surface area contributed by atoms with Gasteiger partial charge in [-0.1, -0.05) is 60.7 Å². The summed E-state index contributed by atoms with van der Waals surface area (Å²) in [6.07, 6.45) is 1.28. The van der Waals surface area contributed by atoms with Gasteiger partial charge in [-0.3, -0.25) is 19.7 Å². The molecule has 9 nitrogen and oxygen atoms in total. The summed E-state index contributed by atoms with van der Waals surface area (Å²) < 4.78 is 0. The molecule has 1 atom stereocenters. The molecule has 0 bridgehead atoms. The fourth-order valence-electron chi connectivity index (χ4n) is 3.12. The highest BCUT2D eigenvalue weighted by molar-refractivity contribution is 6.06. The highest BCUT2D eigenvalue weighted by atomic mass is 16.6. The average Bonchev–Trinajstić information content (AvgIpc) is 2.84. The van der Waals surface area contributed by atoms with E-state index in [9.17, 15) is 29.6 Å². The molecule has 0 radical (unpaired) electrons. The second-order valence-electron chi connectivity index (χ2n) is 7.28. The van der Waals surface area contributed by atoms with Crippen LogP contribution in [0.5, 0.6) is 0 Å². The Hall–Kier alpha value is -4.79. The van der Waals surface area contributed by atoms with Crippen molar-refractivity contribution in [3.63, 3.8) is 0 Å². The third-order valence-corrected chi connectivity index (χ3v) is 4.81. The zero-order valence-corrected chi connectivity index (χ0v) is 17.9. The molecule has 34 heavy (non-hydrogen) atoms. The summed E-state index contributed by atoms with van der Waals surface area (Å²) in [5.74, 6) is -2.69. The van der Waals surface area contributed by atoms with Gasteiger partial charge in [0, 0.05) is 24.1 Å². The van der Waals surface area contributed by atoms with E-state index < -0.39 is 28.7 Å². The molecule has 0 aromatic heterocycles. The van der Waals surface area contributed by atoms with Gasteiger partial charge in [-0.2, -0.15) is 0 Å². The first-order valence-electron chi connectivity index (χ1n) is 10.2. The number of nitrogens with zero attached hydrogens (tertiary/aromatic N) is 1. The number of nitro groups is 1. The van der Waals surface area contributed by atoms with E-state index in [2.05, 4.69) is 10.6 Å². The number of amides is 2. The van der Waals surface area contributed by atoms with Crippen molar-refractivity contribution >= 4 is 29.5 Å². The van der Waals surface area contributed by atoms with Crippen molar-refractivity contribution in [3.05, 3.63) is 117 Å². The average molecular weight is 459 g/mol. The lowest BCUT2D eigenvalue weighted by Gasteiger charge is -2.17. The number of non-ortho nitro benzene ring substituents is 1. The van der Waals surface area contributed by atoms with Crippen molar-refractivity contribution in [2.45, 2.75) is 12.5 Å². The predicted molar refractivity (Wildman–Crippen MR) is 125 cm³/mol. The molecule has 0 spiro atoms. The number of aliphatic carboxylic acids is 1. The Morgan fingerprint density at radius 1 is 0.941 bits per heavy atom. The first-order chi connectivity index (χ1) is 16.3. The lowest BCUT2D eigenvalue weighted by Crippen LogP contribution is -2.45. The van der Waals surface area contributed by atoms with Crippen LogP contribution in [-0.2, 0) is 16.0 Å². The van der Waals surface area contributed by atoms with Gasteiger partial charge in [0.2, 0.25) is 0 Å². The molecule has 0 aliphatic rings. The SMILES string of the molecule is O=C(NC(Cc1ccccc1)C(=O)O)/C(=C/c1cccc([N+](=O)[O-])c1)NC(=O)c1ccccc1. The molecule has 3 N–H and O–H groups in total. The van der Waals surface area contributed by atoms with Crippen molar-refractivity contribution in [1.82, 2.24) is 10.6 Å². The molecule has 3 aromatic carbocycles. The van der Waals surface area contributed by atoms with Crippen LogP contribution in [0.4, 0.5) is 5.69 Å². The number of nitrogens with one attached hydrogen (secondary N) is 2. The minimum Gasteiger partial charge on any atom is -0.480 e. The molecular weight excluding hydrogens is 438 g/mol. The highest BCUT2D eigenvalue weighted by Gasteiger charge is 2.23. The lowest BCUT2D eigenvalue weighted by molar-refractivity contribution is -0.384. The van der Waals surface area contributed by atoms with Gasteiger partial charge < -0.3 is 15.7 Å². The molecule has 172 valence electrons. The minimum absolute atomic E-state index is 0.0264. The van der Waals surface area contributed by atoms with E-state index in [4.69, 9.17) is 0 Å². The number of benzene rings is 3. The summed E-state index contributed by atoms with van der Waals surface area (Å²) in [5, 5.41) is 25.6. The zero-order chi connectivity index (χ0) is 24.5. The fraction of sp³-hybridized carbons (Fsp3) is 0.0800. The van der Waals surface area contributed by atoms with E-state index in [0.717, 1.165) is 0 Å². The van der Waals surface area contributed by atoms with Gasteiger partial charge >= 0.3 is 5.97 Å². The van der Waals surface area contributed by atoms with Crippen LogP contribution in [0.1, 0.15) is 21.5 Å². The van der Waals surface area contributed by atoms with Crippen LogP contribution in [0.2, 0.25) is 0 Å². The summed E-state index contributed by atoms with van der Waals surface area (Å²) in [6, 6.07) is 21.1. The van der Waals surface area contributed by atoms with Crippen LogP contribution in [-0.4, -0.2) is 33.9 Å². The standard InChI is InChI=1S/C25H21N3O6/c29-23(19-11-5-2-6-12-19)26-21(16-18-10-7-13-20(14-18)28(33)34)24(30)27-22(25(31)32)15-17-8-3-1-4-9-17/h1-14,16,22H,15H2,(H,26,29)(H,27,30)(H,31,32)/b21-16-. The number of carboxylic acid groups (broad SMARTS) is 1. The van der Waals surface area contributed by atoms with Crippen LogP contribution in [0.25, 0.3) is 6.08 Å². The van der Waals surface area contributed by atoms with Gasteiger partial charge in [-0.15, -0.1) is 0 Å². The van der Waals surface area contributed by atoms with Crippen molar-refractivity contribution < 1.29 is 24.4 Å². The Labute approximate surface area is 194 Å². The van der Waals surface area contributed by atoms with Crippen molar-refractivity contribution in [1.29, 1.82) is 0 Å². The molecule has 0 aliphatic heterocycles. The van der Waals surface area contributed by atoms with E-state index in [1.54, 1.807) is 60.7 Å². The molecule has 0 aliphatic carbocycles. The van der Waals surface area contributed by atoms with Crippen LogP contribution in [0.15, 0.2) is 90.6 Å². The summed E-state index contributed by atoms with van der Waals surface area (Å²) in [4.78, 5) is 48.0. The third kappa shape index (κ3) is 6.60. The van der Waals surface area contributed by atoms with Crippen LogP contribution in [0.3, 0.4) is 0 Å². The van der Waals surface area contributed by atoms with Gasteiger partial charge in [0.15, 0.2) is 0 Å². The highest BCUT2D eigenvalue weighted by Crippen LogP contribution is 2.16. The maximum atomic E-state index is 13.0. The Bertz CT molecular complexity index is 1230. The Morgan fingerprint density at radius 2 is 1.59 bits per heavy atom. The maximum absolute atomic E-state index is 13.0. The zero-order valence-electron chi connectivity index (χ0n) is 17.9. The Kier molecular flexibility index (Phi) is 7.85. The molecule has 1 unspecified atom stereocenters. The topological polar surface area (TPSA) is 139 Å². The number of carbonyl (C=O) groups is 3. The smallest absolute Gasteiger partial charge is 0.326 e. The van der Waals surface area contributed by atoms with Crippen molar-refractivity contribution in [2.75, 3.05) is 0 Å². The van der Waals surface area contributed by atoms with Gasteiger partial charge in [0.05, 0.1) is 4.92 Å². The molecule has 9 heteroatoms. The second-order valence-corrected chi connectivity index (χ2v) is 7.28. The first kappa shape index (κ1) is 23.9. The van der Waals surface area contributed by atoms with E-state index in [1.165, 1.54) is 30.3 Å². The van der Waals surface area contributed by atoms with Crippen LogP contribution >= 0.6 is 0 Å². The summed E-state index contributed by atoms with van der Waals surface area (Å²) >= 11 is 0. The summed E-state index contributed by atoms with van der Waals surface area (Å²) in [6.45, 7) is 0. The van der Waals surface area contributed by atoms with E-state index >= 15 is 0 Å². The summed E-state index contributed by atoms with van der Waals surface area (Å²) in [5.41, 5.74) is 0.804. The normalized spacial score (nSPS) is 11.8. The maximum Gasteiger partial charge on any atom is 0.326 e. The molecular formula is C25H21N3O6. The third-order valence-electron chi connectivity index (χ3n) is 4.81. The monoisotopic (exact) mass is 459 g/mol. The van der Waals surface area contributed by atoms with Crippen molar-refractivity contribution in [3.8, 4) is 0 Å². The second kappa shape index (κ2) is 11.2. The lowest BCUT2D eigenvalue weighted by atomic mass is 10.1. The Balaban J connectivity index is 1.90. The minimum atomic E-state index is -1.27. The largest absolute Gasteiger partial charge is 0.480 e. The fourth-order valence-corrected chi connectivity index (χ4v) is 3.12. The van der Waals surface area contributed by atoms with Crippen LogP contribution < -0.4 is 10.6 Å². The first-order valence-corrected chi connectivity index (χ1v) is 10.2. The van der Waals surface area contributed by atoms with Gasteiger partial charge in [0.25, 0.3) is 17.5 Å². The summed E-state index contributed by atoms with van der Waals surface area (Å²) in [7, 11) is 0. The molecule has 3 rings (SSSR count). The quantitative estimate of drug-likeness (QED) is 0.255. The molecule has 2 amide bonds. The van der Waals surface area contributed by atoms with Gasteiger partial charge in [0.1, 0.15) is 11.7 Å². The number of rotatable bonds is 9. The van der Waals surface area contributed by atoms with Gasteiger partial charge in [-0.25, -0.2) is 4.79 Å². The Morgan fingerprint density at radius 3 is 2.21 bits per heavy atom. The van der Waals surface area contributed by atoms with E-state index in [1.807, 2.05) is 0 Å². The van der Waals surface area contributed by atoms with E-state index in [-0.39, 0.29) is 28.9 Å². The van der Waals surface area contributed by atoms with Gasteiger partial charge in [-0.05, 0) is 29.3 Å². The van der Waals surface area contributed by atoms with E-state index in [0.29, 0.717) is 5.56 Å². The predicted octanol–water partition coefficient (Wildman–Crippen LogP) is 3.18. The number of carboxylic acids is 1. The molecule has 0 saturated heterocycles.